The Morgan fingerprint density at radius 3 is 2.70 bits per heavy atom. The molecule has 0 spiro atoms. The van der Waals surface area contributed by atoms with Crippen LogP contribution >= 0.6 is 0 Å². The number of carboxylic acid groups (broad SMARTS) is 1. The van der Waals surface area contributed by atoms with E-state index in [2.05, 4.69) is 0 Å². The second-order valence-electron chi connectivity index (χ2n) is 4.13. The van der Waals surface area contributed by atoms with Gasteiger partial charge >= 0.3 is 5.97 Å². The third kappa shape index (κ3) is 4.72. The van der Waals surface area contributed by atoms with Gasteiger partial charge < -0.3 is 14.7 Å². The van der Waals surface area contributed by atoms with E-state index in [1.54, 1.807) is 6.07 Å². The van der Waals surface area contributed by atoms with Crippen LogP contribution in [0.4, 0.5) is 4.39 Å². The van der Waals surface area contributed by atoms with Crippen LogP contribution in [0.3, 0.4) is 0 Å². The molecule has 0 heterocycles. The Kier molecular flexibility index (Phi) is 5.71. The smallest absolute Gasteiger partial charge is 0.305 e. The summed E-state index contributed by atoms with van der Waals surface area (Å²) in [6, 6.07) is 4.33. The number of aliphatic carboxylic acids is 1. The Hall–Kier alpha value is -2.37. The minimum Gasteiger partial charge on any atom is -0.494 e. The molecule has 0 unspecified atom stereocenters. The highest BCUT2D eigenvalue weighted by Crippen LogP contribution is 2.18. The van der Waals surface area contributed by atoms with E-state index in [0.717, 1.165) is 0 Å². The van der Waals surface area contributed by atoms with E-state index in [9.17, 15) is 14.0 Å². The van der Waals surface area contributed by atoms with Gasteiger partial charge in [-0.3, -0.25) is 9.59 Å². The number of rotatable bonds is 6. The summed E-state index contributed by atoms with van der Waals surface area (Å²) in [5.41, 5.74) is 0.517. The van der Waals surface area contributed by atoms with Crippen LogP contribution in [0.1, 0.15) is 12.0 Å². The van der Waals surface area contributed by atoms with Crippen LogP contribution in [0.5, 0.6) is 5.75 Å². The molecule has 20 heavy (non-hydrogen) atoms. The molecule has 0 saturated heterocycles. The highest BCUT2D eigenvalue weighted by molar-refractivity contribution is 5.91. The Labute approximate surface area is 116 Å². The number of hydrogen-bond acceptors (Lipinski definition) is 3. The molecule has 1 aromatic rings. The standard InChI is InChI=1S/C14H16FNO4/c1-16(8-7-14(18)19)13(17)6-4-10-3-5-12(20-2)11(15)9-10/h3-6,9H,7-8H2,1-2H3,(H,18,19). The number of nitrogens with zero attached hydrogens (tertiary/aromatic N) is 1. The van der Waals surface area contributed by atoms with Crippen molar-refractivity contribution in [2.75, 3.05) is 20.7 Å². The zero-order valence-electron chi connectivity index (χ0n) is 11.3. The first-order valence-electron chi connectivity index (χ1n) is 5.92. The Balaban J connectivity index is 2.65. The van der Waals surface area contributed by atoms with Crippen LogP contribution < -0.4 is 4.74 Å². The highest BCUT2D eigenvalue weighted by atomic mass is 19.1. The predicted molar refractivity (Wildman–Crippen MR) is 71.9 cm³/mol. The molecular weight excluding hydrogens is 265 g/mol. The van der Waals surface area contributed by atoms with Crippen LogP contribution in [0.15, 0.2) is 24.3 Å². The van der Waals surface area contributed by atoms with Crippen molar-refractivity contribution < 1.29 is 23.8 Å². The van der Waals surface area contributed by atoms with Crippen LogP contribution in [-0.2, 0) is 9.59 Å². The number of benzene rings is 1. The number of halogens is 1. The van der Waals surface area contributed by atoms with Gasteiger partial charge in [-0.25, -0.2) is 4.39 Å². The van der Waals surface area contributed by atoms with Crippen LogP contribution in [0, 0.1) is 5.82 Å². The molecule has 1 aromatic carbocycles. The van der Waals surface area contributed by atoms with Crippen molar-refractivity contribution in [1.82, 2.24) is 4.90 Å². The van der Waals surface area contributed by atoms with Gasteiger partial charge in [0, 0.05) is 19.7 Å². The minimum absolute atomic E-state index is 0.118. The fraction of sp³-hybridized carbons (Fsp3) is 0.286. The third-order valence-electron chi connectivity index (χ3n) is 2.63. The van der Waals surface area contributed by atoms with Crippen molar-refractivity contribution in [3.8, 4) is 5.75 Å². The van der Waals surface area contributed by atoms with Crippen LogP contribution in [0.2, 0.25) is 0 Å². The maximum atomic E-state index is 13.4. The zero-order valence-corrected chi connectivity index (χ0v) is 11.3. The Morgan fingerprint density at radius 2 is 2.15 bits per heavy atom. The molecule has 0 radical (unpaired) electrons. The molecule has 108 valence electrons. The van der Waals surface area contributed by atoms with Crippen molar-refractivity contribution in [2.45, 2.75) is 6.42 Å². The van der Waals surface area contributed by atoms with E-state index in [4.69, 9.17) is 9.84 Å². The van der Waals surface area contributed by atoms with Gasteiger partial charge in [0.15, 0.2) is 11.6 Å². The number of likely N-dealkylation sites (N-methyl/N-ethyl adjacent to an activating group) is 1. The van der Waals surface area contributed by atoms with E-state index >= 15 is 0 Å². The number of carbonyl (C=O) groups is 2. The van der Waals surface area contributed by atoms with Crippen molar-refractivity contribution in [2.24, 2.45) is 0 Å². The maximum absolute atomic E-state index is 13.4. The summed E-state index contributed by atoms with van der Waals surface area (Å²) in [4.78, 5) is 23.3. The van der Waals surface area contributed by atoms with E-state index in [0.29, 0.717) is 5.56 Å². The van der Waals surface area contributed by atoms with E-state index in [1.165, 1.54) is 43.3 Å². The first kappa shape index (κ1) is 15.7. The summed E-state index contributed by atoms with van der Waals surface area (Å²) in [5, 5.41) is 8.52. The van der Waals surface area contributed by atoms with Crippen molar-refractivity contribution in [1.29, 1.82) is 0 Å². The largest absolute Gasteiger partial charge is 0.494 e. The fourth-order valence-corrected chi connectivity index (χ4v) is 1.45. The molecule has 0 aliphatic rings. The summed E-state index contributed by atoms with van der Waals surface area (Å²) in [5.74, 6) is -1.69. The van der Waals surface area contributed by atoms with Gasteiger partial charge in [0.2, 0.25) is 5.91 Å². The molecule has 5 nitrogen and oxygen atoms in total. The molecule has 1 N–H and O–H groups in total. The molecule has 0 atom stereocenters. The van der Waals surface area contributed by atoms with Crippen LogP contribution in [-0.4, -0.2) is 42.6 Å². The third-order valence-corrected chi connectivity index (χ3v) is 2.63. The molecule has 0 aromatic heterocycles. The number of methoxy groups -OCH3 is 1. The first-order valence-corrected chi connectivity index (χ1v) is 5.92. The van der Waals surface area contributed by atoms with Gasteiger partial charge in [-0.05, 0) is 23.8 Å². The molecule has 0 bridgehead atoms. The number of carboxylic acids is 1. The molecule has 0 fully saturated rings. The topological polar surface area (TPSA) is 66.8 Å². The summed E-state index contributed by atoms with van der Waals surface area (Å²) >= 11 is 0. The molecule has 0 aliphatic heterocycles. The second kappa shape index (κ2) is 7.28. The lowest BCUT2D eigenvalue weighted by molar-refractivity contribution is -0.137. The summed E-state index contributed by atoms with van der Waals surface area (Å²) in [6.45, 7) is 0.121. The van der Waals surface area contributed by atoms with Crippen molar-refractivity contribution in [3.63, 3.8) is 0 Å². The van der Waals surface area contributed by atoms with Crippen LogP contribution in [0.25, 0.3) is 6.08 Å². The zero-order chi connectivity index (χ0) is 15.1. The SMILES string of the molecule is COc1ccc(C=CC(=O)N(C)CCC(=O)O)cc1F. The number of ether oxygens (including phenoxy) is 1. The number of amides is 1. The summed E-state index contributed by atoms with van der Waals surface area (Å²) in [6.07, 6.45) is 2.61. The number of carbonyl (C=O) groups excluding carboxylic acids is 1. The Bertz CT molecular complexity index is 528. The molecule has 1 rings (SSSR count). The molecule has 0 saturated carbocycles. The fourth-order valence-electron chi connectivity index (χ4n) is 1.45. The van der Waals surface area contributed by atoms with Crippen molar-refractivity contribution in [3.05, 3.63) is 35.7 Å². The molecular formula is C14H16FNO4. The van der Waals surface area contributed by atoms with Gasteiger partial charge in [0.1, 0.15) is 0 Å². The average Bonchev–Trinajstić information content (AvgIpc) is 2.42. The second-order valence-corrected chi connectivity index (χ2v) is 4.13. The van der Waals surface area contributed by atoms with Gasteiger partial charge in [0.25, 0.3) is 0 Å². The molecule has 1 amide bonds. The van der Waals surface area contributed by atoms with Gasteiger partial charge in [0.05, 0.1) is 13.5 Å². The average molecular weight is 281 g/mol. The maximum Gasteiger partial charge on any atom is 0.305 e. The van der Waals surface area contributed by atoms with Gasteiger partial charge in [-0.2, -0.15) is 0 Å². The Morgan fingerprint density at radius 1 is 1.45 bits per heavy atom. The molecule has 0 aliphatic carbocycles. The predicted octanol–water partition coefficient (Wildman–Crippen LogP) is 1.78. The molecule has 6 heteroatoms. The quantitative estimate of drug-likeness (QED) is 0.807. The summed E-state index contributed by atoms with van der Waals surface area (Å²) in [7, 11) is 2.87. The lowest BCUT2D eigenvalue weighted by atomic mass is 10.2. The van der Waals surface area contributed by atoms with Gasteiger partial charge in [-0.15, -0.1) is 0 Å². The van der Waals surface area contributed by atoms with E-state index < -0.39 is 11.8 Å². The van der Waals surface area contributed by atoms with Crippen molar-refractivity contribution >= 4 is 18.0 Å². The highest BCUT2D eigenvalue weighted by Gasteiger charge is 2.07. The lowest BCUT2D eigenvalue weighted by Crippen LogP contribution is -2.27. The van der Waals surface area contributed by atoms with Gasteiger partial charge in [-0.1, -0.05) is 6.07 Å². The minimum atomic E-state index is -0.967. The van der Waals surface area contributed by atoms with E-state index in [1.807, 2.05) is 0 Å². The summed E-state index contributed by atoms with van der Waals surface area (Å²) < 4.78 is 18.2. The van der Waals surface area contributed by atoms with E-state index in [-0.39, 0.29) is 24.6 Å². The number of hydrogen-bond donors (Lipinski definition) is 1. The normalized spacial score (nSPS) is 10.6. The lowest BCUT2D eigenvalue weighted by Gasteiger charge is -2.13. The monoisotopic (exact) mass is 281 g/mol. The first-order chi connectivity index (χ1) is 9.43.